The fraction of sp³-hybridized carbons (Fsp3) is 0.222. The summed E-state index contributed by atoms with van der Waals surface area (Å²) in [7, 11) is 2.96. The second-order valence-electron chi connectivity index (χ2n) is 5.79. The molecule has 0 spiro atoms. The van der Waals surface area contributed by atoms with Crippen LogP contribution in [0.5, 0.6) is 17.2 Å². The third kappa shape index (κ3) is 3.80. The third-order valence-corrected chi connectivity index (χ3v) is 4.05. The van der Waals surface area contributed by atoms with E-state index in [1.807, 2.05) is 0 Å². The maximum absolute atomic E-state index is 12.6. The van der Waals surface area contributed by atoms with E-state index in [9.17, 15) is 23.2 Å². The molecule has 1 amide bonds. The molecule has 2 aromatic carbocycles. The maximum atomic E-state index is 12.6. The van der Waals surface area contributed by atoms with Gasteiger partial charge in [0.15, 0.2) is 5.71 Å². The summed E-state index contributed by atoms with van der Waals surface area (Å²) in [6.07, 6.45) is -4.88. The summed E-state index contributed by atoms with van der Waals surface area (Å²) in [6, 6.07) is 8.41. The van der Waals surface area contributed by atoms with Crippen molar-refractivity contribution in [1.82, 2.24) is 0 Å². The summed E-state index contributed by atoms with van der Waals surface area (Å²) in [5, 5.41) is 12.1. The predicted octanol–water partition coefficient (Wildman–Crippen LogP) is 3.33. The van der Waals surface area contributed by atoms with Crippen molar-refractivity contribution >= 4 is 17.3 Å². The van der Waals surface area contributed by atoms with E-state index in [0.717, 1.165) is 12.1 Å². The van der Waals surface area contributed by atoms with Gasteiger partial charge in [-0.2, -0.15) is 0 Å². The van der Waals surface area contributed by atoms with Gasteiger partial charge < -0.3 is 24.3 Å². The van der Waals surface area contributed by atoms with E-state index in [0.29, 0.717) is 17.1 Å². The normalized spacial score (nSPS) is 15.0. The molecule has 7 nitrogen and oxygen atoms in total. The monoisotopic (exact) mass is 396 g/mol. The molecule has 1 aliphatic rings. The van der Waals surface area contributed by atoms with E-state index in [1.165, 1.54) is 25.2 Å². The van der Waals surface area contributed by atoms with Crippen molar-refractivity contribution in [2.75, 3.05) is 19.1 Å². The summed E-state index contributed by atoms with van der Waals surface area (Å²) in [6.45, 7) is 0.0535. The first kappa shape index (κ1) is 19.3. The molecule has 0 bridgehead atoms. The molecule has 0 atom stereocenters. The number of hydrogen-bond donors (Lipinski definition) is 1. The molecule has 1 N–H and O–H groups in total. The molecule has 0 radical (unpaired) electrons. The number of oxime groups is 1. The Balaban J connectivity index is 1.98. The standard InChI is InChI=1S/C18H15F3N2O5/c1-26-12-5-10(6-13(7-12)27-2)9-23-15-4-3-11(28-18(19,20)21)8-14(15)16(22-25)17(23)24/h3-8,25H,9H2,1-2H3/b22-16-. The Morgan fingerprint density at radius 2 is 1.68 bits per heavy atom. The number of anilines is 1. The van der Waals surface area contributed by atoms with Crippen LogP contribution in [0.2, 0.25) is 0 Å². The maximum Gasteiger partial charge on any atom is 0.573 e. The van der Waals surface area contributed by atoms with Crippen LogP contribution in [0, 0.1) is 0 Å². The molecular weight excluding hydrogens is 381 g/mol. The zero-order chi connectivity index (χ0) is 20.5. The van der Waals surface area contributed by atoms with Gasteiger partial charge in [-0.15, -0.1) is 13.2 Å². The number of methoxy groups -OCH3 is 2. The lowest BCUT2D eigenvalue weighted by Crippen LogP contribution is -2.29. The summed E-state index contributed by atoms with van der Waals surface area (Å²) in [5.74, 6) is -0.175. The molecule has 1 heterocycles. The molecule has 0 saturated carbocycles. The summed E-state index contributed by atoms with van der Waals surface area (Å²) < 4.78 is 51.6. The van der Waals surface area contributed by atoms with Crippen molar-refractivity contribution < 1.29 is 37.4 Å². The lowest BCUT2D eigenvalue weighted by molar-refractivity contribution is -0.274. The predicted molar refractivity (Wildman–Crippen MR) is 92.2 cm³/mol. The lowest BCUT2D eigenvalue weighted by Gasteiger charge is -2.18. The molecule has 0 unspecified atom stereocenters. The van der Waals surface area contributed by atoms with E-state index in [4.69, 9.17) is 9.47 Å². The minimum absolute atomic E-state index is 0.0316. The van der Waals surface area contributed by atoms with Crippen molar-refractivity contribution in [3.8, 4) is 17.2 Å². The van der Waals surface area contributed by atoms with Crippen LogP contribution >= 0.6 is 0 Å². The van der Waals surface area contributed by atoms with Crippen molar-refractivity contribution in [2.45, 2.75) is 12.9 Å². The number of carbonyl (C=O) groups is 1. The number of hydrogen-bond acceptors (Lipinski definition) is 6. The number of halogens is 3. The van der Waals surface area contributed by atoms with Crippen LogP contribution < -0.4 is 19.1 Å². The Kier molecular flexibility index (Phi) is 5.04. The summed E-state index contributed by atoms with van der Waals surface area (Å²) >= 11 is 0. The second kappa shape index (κ2) is 7.29. The van der Waals surface area contributed by atoms with Crippen LogP contribution in [0.1, 0.15) is 11.1 Å². The lowest BCUT2D eigenvalue weighted by atomic mass is 10.1. The van der Waals surface area contributed by atoms with Crippen molar-refractivity contribution in [3.63, 3.8) is 0 Å². The number of fused-ring (bicyclic) bond motifs is 1. The largest absolute Gasteiger partial charge is 0.573 e. The fourth-order valence-corrected chi connectivity index (χ4v) is 2.88. The number of ether oxygens (including phenoxy) is 3. The van der Waals surface area contributed by atoms with Crippen LogP contribution in [0.15, 0.2) is 41.6 Å². The molecule has 148 valence electrons. The topological polar surface area (TPSA) is 80.6 Å². The number of nitrogens with zero attached hydrogens (tertiary/aromatic N) is 2. The number of amides is 1. The molecule has 0 fully saturated rings. The first-order valence-corrected chi connectivity index (χ1v) is 7.91. The smallest absolute Gasteiger partial charge is 0.497 e. The van der Waals surface area contributed by atoms with Gasteiger partial charge in [0.05, 0.1) is 26.5 Å². The summed E-state index contributed by atoms with van der Waals surface area (Å²) in [5.41, 5.74) is 0.584. The molecule has 0 aliphatic carbocycles. The highest BCUT2D eigenvalue weighted by molar-refractivity contribution is 6.54. The van der Waals surface area contributed by atoms with Crippen molar-refractivity contribution in [3.05, 3.63) is 47.5 Å². The molecule has 10 heteroatoms. The van der Waals surface area contributed by atoms with Crippen LogP contribution in [-0.4, -0.2) is 37.4 Å². The SMILES string of the molecule is COc1cc(CN2C(=O)/C(=N\O)c3cc(OC(F)(F)F)ccc32)cc(OC)c1. The number of rotatable bonds is 5. The van der Waals surface area contributed by atoms with Gasteiger partial charge in [-0.05, 0) is 35.9 Å². The Morgan fingerprint density at radius 1 is 1.04 bits per heavy atom. The molecule has 28 heavy (non-hydrogen) atoms. The Labute approximate surface area is 157 Å². The van der Waals surface area contributed by atoms with Crippen LogP contribution in [0.3, 0.4) is 0 Å². The van der Waals surface area contributed by atoms with Gasteiger partial charge in [0.2, 0.25) is 0 Å². The second-order valence-corrected chi connectivity index (χ2v) is 5.79. The molecule has 0 aromatic heterocycles. The van der Waals surface area contributed by atoms with E-state index >= 15 is 0 Å². The van der Waals surface area contributed by atoms with Gasteiger partial charge in [0.1, 0.15) is 17.2 Å². The van der Waals surface area contributed by atoms with Gasteiger partial charge >= 0.3 is 6.36 Å². The van der Waals surface area contributed by atoms with Gasteiger partial charge in [-0.25, -0.2) is 0 Å². The van der Waals surface area contributed by atoms with Crippen molar-refractivity contribution in [1.29, 1.82) is 0 Å². The quantitative estimate of drug-likeness (QED) is 0.620. The van der Waals surface area contributed by atoms with E-state index in [1.54, 1.807) is 18.2 Å². The highest BCUT2D eigenvalue weighted by Crippen LogP contribution is 2.36. The van der Waals surface area contributed by atoms with Crippen LogP contribution in [-0.2, 0) is 11.3 Å². The zero-order valence-corrected chi connectivity index (χ0v) is 14.8. The van der Waals surface area contributed by atoms with Crippen molar-refractivity contribution in [2.24, 2.45) is 5.16 Å². The number of alkyl halides is 3. The average molecular weight is 396 g/mol. The first-order chi connectivity index (χ1) is 13.3. The first-order valence-electron chi connectivity index (χ1n) is 7.91. The molecule has 0 saturated heterocycles. The van der Waals surface area contributed by atoms with E-state index in [2.05, 4.69) is 9.89 Å². The molecule has 2 aromatic rings. The summed E-state index contributed by atoms with van der Waals surface area (Å²) in [4.78, 5) is 13.9. The zero-order valence-electron chi connectivity index (χ0n) is 14.8. The van der Waals surface area contributed by atoms with E-state index in [-0.39, 0.29) is 23.5 Å². The Morgan fingerprint density at radius 3 is 2.21 bits per heavy atom. The molecule has 3 rings (SSSR count). The fourth-order valence-electron chi connectivity index (χ4n) is 2.88. The number of benzene rings is 2. The Hall–Kier alpha value is -3.43. The van der Waals surface area contributed by atoms with Gasteiger partial charge in [-0.1, -0.05) is 5.16 Å². The average Bonchev–Trinajstić information content (AvgIpc) is 2.90. The minimum Gasteiger partial charge on any atom is -0.497 e. The highest BCUT2D eigenvalue weighted by Gasteiger charge is 2.37. The van der Waals surface area contributed by atoms with Gasteiger partial charge in [0.25, 0.3) is 5.91 Å². The Bertz CT molecular complexity index is 921. The van der Waals surface area contributed by atoms with E-state index < -0.39 is 18.0 Å². The van der Waals surface area contributed by atoms with Crippen LogP contribution in [0.25, 0.3) is 0 Å². The number of carbonyl (C=O) groups excluding carboxylic acids is 1. The molecule has 1 aliphatic heterocycles. The minimum atomic E-state index is -4.88. The molecular formula is C18H15F3N2O5. The van der Waals surface area contributed by atoms with Gasteiger partial charge in [-0.3, -0.25) is 4.79 Å². The van der Waals surface area contributed by atoms with Gasteiger partial charge in [0, 0.05) is 11.6 Å². The van der Waals surface area contributed by atoms with Crippen LogP contribution in [0.4, 0.5) is 18.9 Å². The third-order valence-electron chi connectivity index (χ3n) is 4.05. The highest BCUT2D eigenvalue weighted by atomic mass is 19.4.